The number of anilines is 1. The maximum atomic E-state index is 11.4. The first-order valence-corrected chi connectivity index (χ1v) is 6.86. The van der Waals surface area contributed by atoms with E-state index in [4.69, 9.17) is 0 Å². The number of carbonyl (C=O) groups excluding carboxylic acids is 1. The van der Waals surface area contributed by atoms with Gasteiger partial charge < -0.3 is 15.5 Å². The highest BCUT2D eigenvalue weighted by Crippen LogP contribution is 2.40. The predicted molar refractivity (Wildman–Crippen MR) is 74.4 cm³/mol. The van der Waals surface area contributed by atoms with Crippen LogP contribution in [0.25, 0.3) is 0 Å². The lowest BCUT2D eigenvalue weighted by Gasteiger charge is -2.53. The van der Waals surface area contributed by atoms with Crippen molar-refractivity contribution in [2.45, 2.75) is 12.8 Å². The number of nitrogens with zero attached hydrogens (tertiary/aromatic N) is 2. The van der Waals surface area contributed by atoms with Crippen molar-refractivity contribution >= 4 is 11.6 Å². The average molecular weight is 260 g/mol. The summed E-state index contributed by atoms with van der Waals surface area (Å²) in [6.07, 6.45) is 4.35. The molecule has 3 rings (SSSR count). The van der Waals surface area contributed by atoms with Crippen LogP contribution in [0.4, 0.5) is 5.69 Å². The molecule has 2 aliphatic rings. The second kappa shape index (κ2) is 4.81. The van der Waals surface area contributed by atoms with Crippen LogP contribution in [0.15, 0.2) is 18.3 Å². The van der Waals surface area contributed by atoms with Crippen molar-refractivity contribution in [3.05, 3.63) is 24.0 Å². The molecule has 0 unspecified atom stereocenters. The van der Waals surface area contributed by atoms with Gasteiger partial charge in [0.05, 0.1) is 11.9 Å². The number of nitrogens with one attached hydrogen (secondary N) is 2. The highest BCUT2D eigenvalue weighted by atomic mass is 16.1. The second-order valence-electron chi connectivity index (χ2n) is 5.59. The summed E-state index contributed by atoms with van der Waals surface area (Å²) in [5, 5.41) is 6.00. The number of hydrogen-bond donors (Lipinski definition) is 2. The van der Waals surface area contributed by atoms with Crippen LogP contribution >= 0.6 is 0 Å². The number of rotatable bonds is 2. The third kappa shape index (κ3) is 2.30. The largest absolute Gasteiger partial charge is 0.369 e. The quantitative estimate of drug-likeness (QED) is 0.819. The fraction of sp³-hybridized carbons (Fsp3) is 0.571. The average Bonchev–Trinajstić information content (AvgIpc) is 2.45. The van der Waals surface area contributed by atoms with Gasteiger partial charge in [0.1, 0.15) is 5.69 Å². The molecule has 1 spiro atoms. The zero-order chi connectivity index (χ0) is 13.3. The van der Waals surface area contributed by atoms with E-state index in [9.17, 15) is 4.79 Å². The van der Waals surface area contributed by atoms with Gasteiger partial charge in [0.15, 0.2) is 0 Å². The summed E-state index contributed by atoms with van der Waals surface area (Å²) in [6, 6.07) is 3.78. The molecule has 2 fully saturated rings. The van der Waals surface area contributed by atoms with Gasteiger partial charge >= 0.3 is 0 Å². The van der Waals surface area contributed by atoms with Crippen molar-refractivity contribution in [2.75, 3.05) is 38.1 Å². The first-order valence-electron chi connectivity index (χ1n) is 6.86. The summed E-state index contributed by atoms with van der Waals surface area (Å²) >= 11 is 0. The monoisotopic (exact) mass is 260 g/mol. The van der Waals surface area contributed by atoms with Crippen LogP contribution in [-0.2, 0) is 0 Å². The summed E-state index contributed by atoms with van der Waals surface area (Å²) in [5.74, 6) is -0.134. The Balaban J connectivity index is 1.63. The molecular weight excluding hydrogens is 240 g/mol. The molecule has 0 bridgehead atoms. The van der Waals surface area contributed by atoms with E-state index in [1.165, 1.54) is 12.8 Å². The van der Waals surface area contributed by atoms with Crippen LogP contribution in [0.3, 0.4) is 0 Å². The molecule has 0 radical (unpaired) electrons. The lowest BCUT2D eigenvalue weighted by atomic mass is 9.72. The Morgan fingerprint density at radius 2 is 2.11 bits per heavy atom. The van der Waals surface area contributed by atoms with Gasteiger partial charge in [0, 0.05) is 25.6 Å². The summed E-state index contributed by atoms with van der Waals surface area (Å²) < 4.78 is 0. The molecule has 1 aromatic heterocycles. The third-order valence-corrected chi connectivity index (χ3v) is 4.29. The summed E-state index contributed by atoms with van der Waals surface area (Å²) in [4.78, 5) is 18.0. The van der Waals surface area contributed by atoms with Crippen molar-refractivity contribution in [1.29, 1.82) is 0 Å². The summed E-state index contributed by atoms with van der Waals surface area (Å²) in [5.41, 5.74) is 2.12. The van der Waals surface area contributed by atoms with Gasteiger partial charge in [-0.15, -0.1) is 0 Å². The number of aromatic nitrogens is 1. The third-order valence-electron chi connectivity index (χ3n) is 4.29. The van der Waals surface area contributed by atoms with E-state index in [1.54, 1.807) is 19.3 Å². The SMILES string of the molecule is CNC(=O)c1ccc(N2CC3(CCNCC3)C2)cn1. The van der Waals surface area contributed by atoms with E-state index in [0.29, 0.717) is 11.1 Å². The Labute approximate surface area is 113 Å². The topological polar surface area (TPSA) is 57.3 Å². The highest BCUT2D eigenvalue weighted by Gasteiger charge is 2.43. The van der Waals surface area contributed by atoms with Gasteiger partial charge in [-0.3, -0.25) is 4.79 Å². The molecule has 0 atom stereocenters. The molecule has 1 aromatic rings. The number of carbonyl (C=O) groups is 1. The zero-order valence-electron chi connectivity index (χ0n) is 11.3. The van der Waals surface area contributed by atoms with Crippen LogP contribution in [0, 0.1) is 5.41 Å². The van der Waals surface area contributed by atoms with Crippen LogP contribution in [-0.4, -0.2) is 44.1 Å². The van der Waals surface area contributed by atoms with Crippen LogP contribution in [0.1, 0.15) is 23.3 Å². The predicted octanol–water partition coefficient (Wildman–Crippen LogP) is 0.631. The lowest BCUT2D eigenvalue weighted by Crippen LogP contribution is -2.60. The zero-order valence-corrected chi connectivity index (χ0v) is 11.3. The number of pyridine rings is 1. The molecule has 2 aliphatic heterocycles. The Morgan fingerprint density at radius 3 is 2.68 bits per heavy atom. The molecule has 5 nitrogen and oxygen atoms in total. The van der Waals surface area contributed by atoms with Gasteiger partial charge in [-0.1, -0.05) is 0 Å². The first-order chi connectivity index (χ1) is 9.22. The normalized spacial score (nSPS) is 21.0. The van der Waals surface area contributed by atoms with Crippen molar-refractivity contribution < 1.29 is 4.79 Å². The van der Waals surface area contributed by atoms with E-state index in [-0.39, 0.29) is 5.91 Å². The van der Waals surface area contributed by atoms with Crippen molar-refractivity contribution in [2.24, 2.45) is 5.41 Å². The molecule has 2 N–H and O–H groups in total. The lowest BCUT2D eigenvalue weighted by molar-refractivity contribution is 0.0958. The van der Waals surface area contributed by atoms with Gasteiger partial charge in [-0.2, -0.15) is 0 Å². The minimum Gasteiger partial charge on any atom is -0.369 e. The number of piperidine rings is 1. The van der Waals surface area contributed by atoms with Gasteiger partial charge in [0.25, 0.3) is 5.91 Å². The number of amides is 1. The molecule has 5 heteroatoms. The highest BCUT2D eigenvalue weighted by molar-refractivity contribution is 5.92. The molecule has 1 amide bonds. The molecule has 102 valence electrons. The molecule has 2 saturated heterocycles. The Bertz CT molecular complexity index is 457. The fourth-order valence-electron chi connectivity index (χ4n) is 3.05. The van der Waals surface area contributed by atoms with E-state index in [1.807, 2.05) is 6.07 Å². The Kier molecular flexibility index (Phi) is 3.14. The second-order valence-corrected chi connectivity index (χ2v) is 5.59. The van der Waals surface area contributed by atoms with E-state index in [2.05, 4.69) is 20.5 Å². The molecule has 3 heterocycles. The van der Waals surface area contributed by atoms with Crippen molar-refractivity contribution in [3.63, 3.8) is 0 Å². The summed E-state index contributed by atoms with van der Waals surface area (Å²) in [6.45, 7) is 4.52. The van der Waals surface area contributed by atoms with E-state index < -0.39 is 0 Å². The molecule has 0 saturated carbocycles. The van der Waals surface area contributed by atoms with Crippen LogP contribution in [0.2, 0.25) is 0 Å². The minimum atomic E-state index is -0.134. The first kappa shape index (κ1) is 12.4. The van der Waals surface area contributed by atoms with Crippen LogP contribution in [0.5, 0.6) is 0 Å². The smallest absolute Gasteiger partial charge is 0.269 e. The van der Waals surface area contributed by atoms with E-state index >= 15 is 0 Å². The Morgan fingerprint density at radius 1 is 1.37 bits per heavy atom. The molecular formula is C14H20N4O. The molecule has 0 aliphatic carbocycles. The van der Waals surface area contributed by atoms with Crippen molar-refractivity contribution in [3.8, 4) is 0 Å². The number of hydrogen-bond acceptors (Lipinski definition) is 4. The standard InChI is InChI=1S/C14H20N4O/c1-15-13(19)12-3-2-11(8-17-12)18-9-14(10-18)4-6-16-7-5-14/h2-3,8,16H,4-7,9-10H2,1H3,(H,15,19). The Hall–Kier alpha value is -1.62. The van der Waals surface area contributed by atoms with Gasteiger partial charge in [0.2, 0.25) is 0 Å². The minimum absolute atomic E-state index is 0.134. The fourth-order valence-corrected chi connectivity index (χ4v) is 3.05. The van der Waals surface area contributed by atoms with Crippen LogP contribution < -0.4 is 15.5 Å². The van der Waals surface area contributed by atoms with Gasteiger partial charge in [-0.05, 0) is 38.1 Å². The molecule has 0 aromatic carbocycles. The van der Waals surface area contributed by atoms with E-state index in [0.717, 1.165) is 31.9 Å². The van der Waals surface area contributed by atoms with Gasteiger partial charge in [-0.25, -0.2) is 4.98 Å². The van der Waals surface area contributed by atoms with Crippen molar-refractivity contribution in [1.82, 2.24) is 15.6 Å². The molecule has 19 heavy (non-hydrogen) atoms. The summed E-state index contributed by atoms with van der Waals surface area (Å²) in [7, 11) is 1.62. The maximum absolute atomic E-state index is 11.4. The maximum Gasteiger partial charge on any atom is 0.269 e.